The molecule has 5 rings (SSSR count). The monoisotopic (exact) mass is 438 g/mol. The number of para-hydroxylation sites is 1. The smallest absolute Gasteiger partial charge is 0.124 e. The third-order valence-corrected chi connectivity index (χ3v) is 7.51. The third-order valence-electron chi connectivity index (χ3n) is 7.10. The first kappa shape index (κ1) is 20.7. The first-order chi connectivity index (χ1) is 15.0. The number of benzene rings is 1. The van der Waals surface area contributed by atoms with Gasteiger partial charge in [-0.05, 0) is 64.0 Å². The summed E-state index contributed by atoms with van der Waals surface area (Å²) in [5.41, 5.74) is 5.66. The van der Waals surface area contributed by atoms with Crippen LogP contribution >= 0.6 is 11.6 Å². The fourth-order valence-corrected chi connectivity index (χ4v) is 5.31. The molecule has 2 aliphatic rings. The molecule has 2 aromatic heterocycles. The van der Waals surface area contributed by atoms with Crippen molar-refractivity contribution in [1.29, 1.82) is 0 Å². The predicted octanol–water partition coefficient (Wildman–Crippen LogP) is 4.57. The van der Waals surface area contributed by atoms with Crippen molar-refractivity contribution in [1.82, 2.24) is 24.8 Å². The number of pyridine rings is 1. The van der Waals surface area contributed by atoms with Crippen molar-refractivity contribution in [3.05, 3.63) is 52.6 Å². The standard InChI is InChI=1S/C24H31ClN6/c1-16-17(25)10-11-26-22(16)19-7-5-9-21(30(19)3)24-27-18-6-4-8-20(23(18)28-24)31-14-12-29(2)13-15-31/h4,6,8,10-11,19,21H,5,7,9,12-15H2,1-3H3,(H,27,28)/t19-,21+/m0/s1. The number of halogens is 1. The minimum atomic E-state index is 0.242. The lowest BCUT2D eigenvalue weighted by Crippen LogP contribution is -2.44. The van der Waals surface area contributed by atoms with Gasteiger partial charge in [-0.2, -0.15) is 0 Å². The fraction of sp³-hybridized carbons (Fsp3) is 0.500. The van der Waals surface area contributed by atoms with Gasteiger partial charge in [0.25, 0.3) is 0 Å². The summed E-state index contributed by atoms with van der Waals surface area (Å²) in [4.78, 5) is 20.8. The molecule has 2 fully saturated rings. The van der Waals surface area contributed by atoms with Gasteiger partial charge >= 0.3 is 0 Å². The number of H-pyrrole nitrogens is 1. The molecular weight excluding hydrogens is 408 g/mol. The van der Waals surface area contributed by atoms with Crippen LogP contribution in [-0.4, -0.2) is 65.0 Å². The topological polar surface area (TPSA) is 51.3 Å². The highest BCUT2D eigenvalue weighted by molar-refractivity contribution is 6.31. The van der Waals surface area contributed by atoms with E-state index < -0.39 is 0 Å². The number of rotatable bonds is 3. The Balaban J connectivity index is 1.46. The number of likely N-dealkylation sites (tertiary alicyclic amines) is 1. The maximum atomic E-state index is 6.40. The van der Waals surface area contributed by atoms with E-state index in [4.69, 9.17) is 21.6 Å². The summed E-state index contributed by atoms with van der Waals surface area (Å²) in [6.45, 7) is 6.36. The highest BCUT2D eigenvalue weighted by atomic mass is 35.5. The molecule has 6 nitrogen and oxygen atoms in total. The Bertz CT molecular complexity index is 1070. The van der Waals surface area contributed by atoms with E-state index >= 15 is 0 Å². The molecule has 0 aliphatic carbocycles. The Morgan fingerprint density at radius 1 is 1.03 bits per heavy atom. The lowest BCUT2D eigenvalue weighted by Gasteiger charge is -2.39. The number of imidazole rings is 1. The van der Waals surface area contributed by atoms with Crippen LogP contribution in [0, 0.1) is 6.92 Å². The van der Waals surface area contributed by atoms with Gasteiger partial charge in [0, 0.05) is 37.4 Å². The SMILES string of the molecule is Cc1c(Cl)ccnc1[C@@H]1CCC[C@H](c2nc3cccc(N4CCN(C)CC4)c3[nH]2)N1C. The molecule has 31 heavy (non-hydrogen) atoms. The van der Waals surface area contributed by atoms with E-state index in [0.29, 0.717) is 0 Å². The number of nitrogens with one attached hydrogen (secondary N) is 1. The summed E-state index contributed by atoms with van der Waals surface area (Å²) >= 11 is 6.40. The minimum absolute atomic E-state index is 0.242. The number of aromatic nitrogens is 3. The van der Waals surface area contributed by atoms with Crippen molar-refractivity contribution < 1.29 is 0 Å². The Kier molecular flexibility index (Phi) is 5.63. The van der Waals surface area contributed by atoms with Crippen molar-refractivity contribution >= 4 is 28.3 Å². The van der Waals surface area contributed by atoms with Gasteiger partial charge in [-0.25, -0.2) is 4.98 Å². The molecule has 0 saturated carbocycles. The number of hydrogen-bond acceptors (Lipinski definition) is 5. The molecule has 0 spiro atoms. The zero-order chi connectivity index (χ0) is 21.5. The summed E-state index contributed by atoms with van der Waals surface area (Å²) < 4.78 is 0. The Labute approximate surface area is 189 Å². The summed E-state index contributed by atoms with van der Waals surface area (Å²) in [5, 5.41) is 0.793. The third kappa shape index (κ3) is 3.81. The quantitative estimate of drug-likeness (QED) is 0.649. The van der Waals surface area contributed by atoms with Crippen LogP contribution in [0.2, 0.25) is 5.02 Å². The van der Waals surface area contributed by atoms with Crippen LogP contribution in [0.1, 0.15) is 48.4 Å². The molecule has 1 N–H and O–H groups in total. The number of hydrogen-bond donors (Lipinski definition) is 1. The highest BCUT2D eigenvalue weighted by Gasteiger charge is 2.33. The van der Waals surface area contributed by atoms with Crippen molar-refractivity contribution in [2.45, 2.75) is 38.3 Å². The van der Waals surface area contributed by atoms with E-state index in [1.807, 2.05) is 12.3 Å². The number of piperazine rings is 1. The van der Waals surface area contributed by atoms with Gasteiger partial charge in [-0.15, -0.1) is 0 Å². The van der Waals surface area contributed by atoms with E-state index in [1.165, 1.54) is 5.69 Å². The zero-order valence-electron chi connectivity index (χ0n) is 18.6. The van der Waals surface area contributed by atoms with Crippen molar-refractivity contribution in [2.75, 3.05) is 45.2 Å². The first-order valence-electron chi connectivity index (χ1n) is 11.3. The number of nitrogens with zero attached hydrogens (tertiary/aromatic N) is 5. The number of aromatic amines is 1. The fourth-order valence-electron chi connectivity index (χ4n) is 5.16. The van der Waals surface area contributed by atoms with Crippen LogP contribution in [0.15, 0.2) is 30.5 Å². The summed E-state index contributed by atoms with van der Waals surface area (Å²) in [6.07, 6.45) is 5.16. The van der Waals surface area contributed by atoms with Gasteiger partial charge in [0.1, 0.15) is 5.82 Å². The van der Waals surface area contributed by atoms with E-state index in [9.17, 15) is 0 Å². The van der Waals surface area contributed by atoms with Crippen molar-refractivity contribution in [2.24, 2.45) is 0 Å². The van der Waals surface area contributed by atoms with E-state index in [1.54, 1.807) is 0 Å². The minimum Gasteiger partial charge on any atom is -0.367 e. The second-order valence-electron chi connectivity index (χ2n) is 9.01. The molecule has 2 atom stereocenters. The van der Waals surface area contributed by atoms with Gasteiger partial charge in [-0.1, -0.05) is 17.7 Å². The molecule has 0 unspecified atom stereocenters. The van der Waals surface area contributed by atoms with Crippen LogP contribution in [0.3, 0.4) is 0 Å². The lowest BCUT2D eigenvalue weighted by atomic mass is 9.92. The molecule has 1 aromatic carbocycles. The number of fused-ring (bicyclic) bond motifs is 1. The Hall–Kier alpha value is -2.15. The van der Waals surface area contributed by atoms with Gasteiger partial charge < -0.3 is 14.8 Å². The molecule has 0 bridgehead atoms. The number of anilines is 1. The summed E-state index contributed by atoms with van der Waals surface area (Å²) in [7, 11) is 4.39. The Morgan fingerprint density at radius 3 is 2.61 bits per heavy atom. The van der Waals surface area contributed by atoms with Gasteiger partial charge in [0.15, 0.2) is 0 Å². The molecule has 0 amide bonds. The van der Waals surface area contributed by atoms with Crippen LogP contribution in [0.25, 0.3) is 11.0 Å². The van der Waals surface area contributed by atoms with Gasteiger partial charge in [0.2, 0.25) is 0 Å². The molecule has 2 saturated heterocycles. The number of likely N-dealkylation sites (N-methyl/N-ethyl adjacent to an activating group) is 1. The molecular formula is C24H31ClN6. The number of piperidine rings is 1. The molecule has 2 aliphatic heterocycles. The maximum Gasteiger partial charge on any atom is 0.124 e. The normalized spacial score (nSPS) is 23.5. The Morgan fingerprint density at radius 2 is 1.81 bits per heavy atom. The average molecular weight is 439 g/mol. The van der Waals surface area contributed by atoms with Crippen LogP contribution in [-0.2, 0) is 0 Å². The summed E-state index contributed by atoms with van der Waals surface area (Å²) in [6, 6.07) is 8.85. The molecule has 164 valence electrons. The zero-order valence-corrected chi connectivity index (χ0v) is 19.4. The second-order valence-corrected chi connectivity index (χ2v) is 9.42. The van der Waals surface area contributed by atoms with Crippen LogP contribution in [0.5, 0.6) is 0 Å². The van der Waals surface area contributed by atoms with Crippen molar-refractivity contribution in [3.63, 3.8) is 0 Å². The van der Waals surface area contributed by atoms with Crippen LogP contribution in [0.4, 0.5) is 5.69 Å². The van der Waals surface area contributed by atoms with E-state index in [-0.39, 0.29) is 12.1 Å². The van der Waals surface area contributed by atoms with Gasteiger partial charge in [0.05, 0.1) is 34.5 Å². The van der Waals surface area contributed by atoms with E-state index in [0.717, 1.165) is 78.6 Å². The highest BCUT2D eigenvalue weighted by Crippen LogP contribution is 2.41. The summed E-state index contributed by atoms with van der Waals surface area (Å²) in [5.74, 6) is 1.06. The molecule has 0 radical (unpaired) electrons. The molecule has 7 heteroatoms. The average Bonchev–Trinajstić information content (AvgIpc) is 3.21. The molecule has 4 heterocycles. The lowest BCUT2D eigenvalue weighted by molar-refractivity contribution is 0.107. The van der Waals surface area contributed by atoms with Crippen LogP contribution < -0.4 is 4.90 Å². The van der Waals surface area contributed by atoms with E-state index in [2.05, 4.69) is 58.9 Å². The second kappa shape index (κ2) is 8.41. The predicted molar refractivity (Wildman–Crippen MR) is 127 cm³/mol. The molecule has 3 aromatic rings. The van der Waals surface area contributed by atoms with Crippen molar-refractivity contribution in [3.8, 4) is 0 Å². The maximum absolute atomic E-state index is 6.40. The van der Waals surface area contributed by atoms with Gasteiger partial charge in [-0.3, -0.25) is 9.88 Å². The largest absolute Gasteiger partial charge is 0.367 e. The first-order valence-corrected chi connectivity index (χ1v) is 11.7.